The van der Waals surface area contributed by atoms with Crippen LogP contribution in [0.4, 0.5) is 0 Å². The smallest absolute Gasteiger partial charge is 0.276 e. The lowest BCUT2D eigenvalue weighted by atomic mass is 10.1. The molecule has 3 aromatic rings. The van der Waals surface area contributed by atoms with Gasteiger partial charge >= 0.3 is 0 Å². The van der Waals surface area contributed by atoms with Crippen molar-refractivity contribution in [2.45, 2.75) is 31.6 Å². The molecular weight excluding hydrogens is 400 g/mol. The Kier molecular flexibility index (Phi) is 7.30. The Labute approximate surface area is 177 Å². The molecule has 0 heterocycles. The number of nitrogens with zero attached hydrogens (tertiary/aromatic N) is 1. The van der Waals surface area contributed by atoms with Gasteiger partial charge in [0.2, 0.25) is 0 Å². The molecule has 0 unspecified atom stereocenters. The molecule has 0 atom stereocenters. The number of hydrogen-bond donors (Lipinski definition) is 1. The lowest BCUT2D eigenvalue weighted by Gasteiger charge is -2.12. The Morgan fingerprint density at radius 2 is 1.73 bits per heavy atom. The minimum absolute atomic E-state index is 0.160. The predicted octanol–water partition coefficient (Wildman–Crippen LogP) is 4.73. The second-order valence-corrected chi connectivity index (χ2v) is 8.36. The highest BCUT2D eigenvalue weighted by molar-refractivity contribution is 7.89. The van der Waals surface area contributed by atoms with Crippen LogP contribution >= 0.6 is 0 Å². The first kappa shape index (κ1) is 21.6. The van der Waals surface area contributed by atoms with Gasteiger partial charge in [-0.15, -0.1) is 0 Å². The third kappa shape index (κ3) is 5.51. The van der Waals surface area contributed by atoms with E-state index in [0.717, 1.165) is 23.6 Å². The zero-order valence-corrected chi connectivity index (χ0v) is 18.0. The molecule has 0 saturated carbocycles. The summed E-state index contributed by atoms with van der Waals surface area (Å²) in [5, 5.41) is 5.74. The number of ether oxygens (including phenoxy) is 2. The molecule has 0 aromatic heterocycles. The first-order valence-corrected chi connectivity index (χ1v) is 11.4. The third-order valence-electron chi connectivity index (χ3n) is 4.44. The molecule has 0 amide bonds. The van der Waals surface area contributed by atoms with E-state index in [2.05, 4.69) is 16.9 Å². The van der Waals surface area contributed by atoms with E-state index in [1.165, 1.54) is 6.21 Å². The Morgan fingerprint density at radius 1 is 0.933 bits per heavy atom. The van der Waals surface area contributed by atoms with Gasteiger partial charge in [-0.3, -0.25) is 0 Å². The van der Waals surface area contributed by atoms with Crippen molar-refractivity contribution in [3.8, 4) is 11.5 Å². The van der Waals surface area contributed by atoms with Gasteiger partial charge in [0.15, 0.2) is 11.5 Å². The fourth-order valence-corrected chi connectivity index (χ4v) is 3.70. The van der Waals surface area contributed by atoms with Gasteiger partial charge in [0, 0.05) is 0 Å². The third-order valence-corrected chi connectivity index (χ3v) is 5.66. The van der Waals surface area contributed by atoms with Crippen LogP contribution in [0.1, 0.15) is 32.3 Å². The molecule has 0 radical (unpaired) electrons. The van der Waals surface area contributed by atoms with Crippen molar-refractivity contribution in [2.75, 3.05) is 13.2 Å². The summed E-state index contributed by atoms with van der Waals surface area (Å²) in [4.78, 5) is 2.43. The quantitative estimate of drug-likeness (QED) is 0.289. The van der Waals surface area contributed by atoms with Gasteiger partial charge in [-0.1, -0.05) is 43.7 Å². The number of benzene rings is 3. The molecule has 0 fully saturated rings. The topological polar surface area (TPSA) is 77.0 Å². The molecule has 3 aromatic carbocycles. The molecular formula is C23H26N2O4S. The molecule has 0 aliphatic rings. The lowest BCUT2D eigenvalue weighted by molar-refractivity contribution is 0.272. The number of hydrazone groups is 1. The van der Waals surface area contributed by atoms with E-state index < -0.39 is 10.0 Å². The van der Waals surface area contributed by atoms with Crippen LogP contribution in [0.3, 0.4) is 0 Å². The molecule has 0 saturated heterocycles. The molecule has 0 aliphatic carbocycles. The highest BCUT2D eigenvalue weighted by atomic mass is 32.2. The van der Waals surface area contributed by atoms with Crippen molar-refractivity contribution in [2.24, 2.45) is 5.10 Å². The second-order valence-electron chi connectivity index (χ2n) is 6.70. The number of hydrogen-bond acceptors (Lipinski definition) is 5. The maximum atomic E-state index is 12.6. The molecule has 6 nitrogen and oxygen atoms in total. The normalized spacial score (nSPS) is 11.7. The second kappa shape index (κ2) is 10.1. The van der Waals surface area contributed by atoms with Crippen molar-refractivity contribution >= 4 is 27.0 Å². The fourth-order valence-electron chi connectivity index (χ4n) is 2.88. The van der Waals surface area contributed by atoms with Crippen LogP contribution < -0.4 is 14.3 Å². The average Bonchev–Trinajstić information content (AvgIpc) is 2.75. The lowest BCUT2D eigenvalue weighted by Crippen LogP contribution is -2.18. The highest BCUT2D eigenvalue weighted by Gasteiger charge is 2.13. The Morgan fingerprint density at radius 3 is 2.50 bits per heavy atom. The van der Waals surface area contributed by atoms with Crippen LogP contribution in [0.5, 0.6) is 11.5 Å². The zero-order valence-electron chi connectivity index (χ0n) is 17.2. The number of sulfonamides is 1. The molecule has 0 spiro atoms. The fraction of sp³-hybridized carbons (Fsp3) is 0.261. The average molecular weight is 427 g/mol. The van der Waals surface area contributed by atoms with Crippen LogP contribution in [0.15, 0.2) is 70.7 Å². The van der Waals surface area contributed by atoms with E-state index in [1.54, 1.807) is 36.4 Å². The number of nitrogens with one attached hydrogen (secondary N) is 1. The van der Waals surface area contributed by atoms with E-state index in [9.17, 15) is 8.42 Å². The Balaban J connectivity index is 1.73. The largest absolute Gasteiger partial charge is 0.490 e. The zero-order chi connectivity index (χ0) is 21.4. The molecule has 7 heteroatoms. The molecule has 158 valence electrons. The summed E-state index contributed by atoms with van der Waals surface area (Å²) >= 11 is 0. The van der Waals surface area contributed by atoms with Crippen LogP contribution in [0.25, 0.3) is 10.8 Å². The molecule has 30 heavy (non-hydrogen) atoms. The predicted molar refractivity (Wildman–Crippen MR) is 120 cm³/mol. The van der Waals surface area contributed by atoms with Crippen molar-refractivity contribution in [1.29, 1.82) is 0 Å². The van der Waals surface area contributed by atoms with Crippen molar-refractivity contribution in [3.05, 3.63) is 66.2 Å². The molecule has 3 rings (SSSR count). The first-order chi connectivity index (χ1) is 14.5. The summed E-state index contributed by atoms with van der Waals surface area (Å²) in [7, 11) is -3.77. The van der Waals surface area contributed by atoms with E-state index in [0.29, 0.717) is 30.3 Å². The van der Waals surface area contributed by atoms with Gasteiger partial charge in [-0.2, -0.15) is 13.5 Å². The van der Waals surface area contributed by atoms with Crippen LogP contribution in [0.2, 0.25) is 0 Å². The molecule has 0 bridgehead atoms. The van der Waals surface area contributed by atoms with Gasteiger partial charge in [-0.05, 0) is 60.0 Å². The van der Waals surface area contributed by atoms with Gasteiger partial charge in [0.1, 0.15) is 0 Å². The van der Waals surface area contributed by atoms with Gasteiger partial charge in [0.05, 0.1) is 24.3 Å². The van der Waals surface area contributed by atoms with E-state index >= 15 is 0 Å². The van der Waals surface area contributed by atoms with E-state index in [4.69, 9.17) is 9.47 Å². The van der Waals surface area contributed by atoms with Crippen molar-refractivity contribution in [1.82, 2.24) is 4.83 Å². The summed E-state index contributed by atoms with van der Waals surface area (Å²) in [6.07, 6.45) is 3.45. The maximum Gasteiger partial charge on any atom is 0.276 e. The first-order valence-electron chi connectivity index (χ1n) is 9.97. The minimum Gasteiger partial charge on any atom is -0.490 e. The monoisotopic (exact) mass is 426 g/mol. The van der Waals surface area contributed by atoms with Crippen molar-refractivity contribution in [3.63, 3.8) is 0 Å². The number of fused-ring (bicyclic) bond motifs is 1. The number of unbranched alkanes of at least 4 members (excludes halogenated alkanes) is 1. The molecule has 0 aliphatic heterocycles. The Hall–Kier alpha value is -3.06. The maximum absolute atomic E-state index is 12.6. The van der Waals surface area contributed by atoms with Crippen molar-refractivity contribution < 1.29 is 17.9 Å². The number of rotatable bonds is 10. The summed E-state index contributed by atoms with van der Waals surface area (Å²) < 4.78 is 36.5. The molecule has 1 N–H and O–H groups in total. The van der Waals surface area contributed by atoms with Gasteiger partial charge in [0.25, 0.3) is 10.0 Å². The summed E-state index contributed by atoms with van der Waals surface area (Å²) in [6.45, 7) is 5.12. The van der Waals surface area contributed by atoms with E-state index in [1.807, 2.05) is 31.2 Å². The van der Waals surface area contributed by atoms with Crippen LogP contribution in [-0.4, -0.2) is 27.8 Å². The van der Waals surface area contributed by atoms with Gasteiger partial charge in [-0.25, -0.2) is 4.83 Å². The SMILES string of the molecule is CCCCOc1ccc(/C=N/NS(=O)(=O)c2ccc3ccccc3c2)cc1OCC. The summed E-state index contributed by atoms with van der Waals surface area (Å²) in [5.41, 5.74) is 0.697. The van der Waals surface area contributed by atoms with Gasteiger partial charge < -0.3 is 9.47 Å². The van der Waals surface area contributed by atoms with Crippen LogP contribution in [-0.2, 0) is 10.0 Å². The Bertz CT molecular complexity index is 1130. The minimum atomic E-state index is -3.77. The summed E-state index contributed by atoms with van der Waals surface area (Å²) in [6, 6.07) is 17.9. The van der Waals surface area contributed by atoms with E-state index in [-0.39, 0.29) is 4.90 Å². The highest BCUT2D eigenvalue weighted by Crippen LogP contribution is 2.28. The standard InChI is InChI=1S/C23H26N2O4S/c1-3-5-14-29-22-13-10-18(15-23(22)28-4-2)17-24-25-30(26,27)21-12-11-19-8-6-7-9-20(19)16-21/h6-13,15-17,25H,3-5,14H2,1-2H3/b24-17+. The summed E-state index contributed by atoms with van der Waals surface area (Å²) in [5.74, 6) is 1.27. The van der Waals surface area contributed by atoms with Crippen LogP contribution in [0, 0.1) is 0 Å².